The van der Waals surface area contributed by atoms with Crippen molar-refractivity contribution in [3.05, 3.63) is 97.2 Å². The summed E-state index contributed by atoms with van der Waals surface area (Å²) in [6.45, 7) is 6.41. The lowest BCUT2D eigenvalue weighted by molar-refractivity contribution is -0.167. The molecule has 0 rings (SSSR count). The van der Waals surface area contributed by atoms with E-state index in [2.05, 4.69) is 118 Å². The maximum Gasteiger partial charge on any atom is 0.306 e. The largest absolute Gasteiger partial charge is 0.462 e. The van der Waals surface area contributed by atoms with Crippen LogP contribution in [0.4, 0.5) is 0 Å². The molecule has 0 saturated heterocycles. The zero-order valence-electron chi connectivity index (χ0n) is 42.9. The molecule has 0 aromatic rings. The minimum Gasteiger partial charge on any atom is -0.462 e. The second-order valence-corrected chi connectivity index (χ2v) is 17.7. The summed E-state index contributed by atoms with van der Waals surface area (Å²) in [6, 6.07) is 0. The molecule has 0 fully saturated rings. The van der Waals surface area contributed by atoms with Crippen LogP contribution in [-0.4, -0.2) is 37.2 Å². The fraction of sp³-hybridized carbons (Fsp3) is 0.683. The molecule has 6 nitrogen and oxygen atoms in total. The molecule has 0 aliphatic heterocycles. The Bertz CT molecular complexity index is 1330. The molecule has 66 heavy (non-hydrogen) atoms. The molecule has 0 spiro atoms. The number of esters is 3. The predicted molar refractivity (Wildman–Crippen MR) is 284 cm³/mol. The Labute approximate surface area is 407 Å². The van der Waals surface area contributed by atoms with Crippen molar-refractivity contribution in [2.75, 3.05) is 13.2 Å². The highest BCUT2D eigenvalue weighted by Gasteiger charge is 2.19. The molecular weight excluding hydrogens is 817 g/mol. The average Bonchev–Trinajstić information content (AvgIpc) is 3.31. The molecule has 0 aromatic carbocycles. The summed E-state index contributed by atoms with van der Waals surface area (Å²) >= 11 is 0. The van der Waals surface area contributed by atoms with Crippen molar-refractivity contribution in [1.82, 2.24) is 0 Å². The van der Waals surface area contributed by atoms with Gasteiger partial charge in [-0.05, 0) is 116 Å². The number of allylic oxidation sites excluding steroid dienone is 16. The van der Waals surface area contributed by atoms with Crippen molar-refractivity contribution >= 4 is 17.9 Å². The Morgan fingerprint density at radius 1 is 0.318 bits per heavy atom. The maximum atomic E-state index is 12.8. The first kappa shape index (κ1) is 62.3. The summed E-state index contributed by atoms with van der Waals surface area (Å²) in [5.74, 6) is -0.963. The van der Waals surface area contributed by atoms with Gasteiger partial charge in [-0.15, -0.1) is 0 Å². The summed E-state index contributed by atoms with van der Waals surface area (Å²) in [6.07, 6.45) is 71.0. The fourth-order valence-corrected chi connectivity index (χ4v) is 7.18. The SMILES string of the molecule is CC/C=C\C/C=C\C/C=C\C/C=C\CCCCC(=O)O[C@H](COC(=O)CCCCCCC/C=C\C/C=C\CCCC)COC(=O)CCCCCCCCCCC/C=C\C/C=C\CCCCC. The van der Waals surface area contributed by atoms with Crippen molar-refractivity contribution in [3.63, 3.8) is 0 Å². The van der Waals surface area contributed by atoms with Crippen molar-refractivity contribution in [3.8, 4) is 0 Å². The molecule has 0 aliphatic rings. The standard InChI is InChI=1S/C60H100O6/c1-4-7-10-13-16-19-22-25-28-29-30-31-33-35-38-41-44-47-50-53-59(62)65-56-57(55-64-58(61)52-49-46-43-40-37-34-27-24-21-18-15-12-9-6-3)66-60(63)54-51-48-45-42-39-36-32-26-23-20-17-14-11-8-5-2/h8,11,15-20,24-28,32,39,42,57H,4-7,9-10,12-14,21-23,29-31,33-38,40-41,43-56H2,1-3H3/b11-8-,18-15-,19-16-,20-17-,27-24-,28-25-,32-26-,42-39-/t57-/m1/s1. The Kier molecular flexibility index (Phi) is 50.9. The molecule has 376 valence electrons. The molecule has 0 N–H and O–H groups in total. The van der Waals surface area contributed by atoms with E-state index in [0.717, 1.165) is 109 Å². The van der Waals surface area contributed by atoms with Gasteiger partial charge in [0.1, 0.15) is 13.2 Å². The molecule has 0 aromatic heterocycles. The molecule has 1 atom stereocenters. The van der Waals surface area contributed by atoms with Crippen molar-refractivity contribution in [1.29, 1.82) is 0 Å². The van der Waals surface area contributed by atoms with Gasteiger partial charge in [0.2, 0.25) is 0 Å². The van der Waals surface area contributed by atoms with Crippen LogP contribution in [-0.2, 0) is 28.6 Å². The third-order valence-electron chi connectivity index (χ3n) is 11.3. The second-order valence-electron chi connectivity index (χ2n) is 17.7. The van der Waals surface area contributed by atoms with Crippen LogP contribution in [0.5, 0.6) is 0 Å². The van der Waals surface area contributed by atoms with Crippen LogP contribution >= 0.6 is 0 Å². The van der Waals surface area contributed by atoms with E-state index in [1.807, 2.05) is 0 Å². The highest BCUT2D eigenvalue weighted by atomic mass is 16.6. The van der Waals surface area contributed by atoms with E-state index in [9.17, 15) is 14.4 Å². The first-order valence-corrected chi connectivity index (χ1v) is 27.2. The number of carbonyl (C=O) groups excluding carboxylic acids is 3. The second kappa shape index (κ2) is 53.9. The number of hydrogen-bond donors (Lipinski definition) is 0. The Balaban J connectivity index is 4.45. The predicted octanol–water partition coefficient (Wildman–Crippen LogP) is 18.1. The topological polar surface area (TPSA) is 78.9 Å². The molecule has 0 saturated carbocycles. The van der Waals surface area contributed by atoms with Crippen LogP contribution in [0.15, 0.2) is 97.2 Å². The first-order valence-electron chi connectivity index (χ1n) is 27.2. The lowest BCUT2D eigenvalue weighted by atomic mass is 10.1. The summed E-state index contributed by atoms with van der Waals surface area (Å²) in [5, 5.41) is 0. The third kappa shape index (κ3) is 51.3. The van der Waals surface area contributed by atoms with Gasteiger partial charge in [-0.2, -0.15) is 0 Å². The Morgan fingerprint density at radius 3 is 1.00 bits per heavy atom. The van der Waals surface area contributed by atoms with Gasteiger partial charge >= 0.3 is 17.9 Å². The van der Waals surface area contributed by atoms with E-state index in [1.54, 1.807) is 0 Å². The van der Waals surface area contributed by atoms with Crippen LogP contribution in [0.25, 0.3) is 0 Å². The van der Waals surface area contributed by atoms with E-state index in [0.29, 0.717) is 19.3 Å². The Hall–Kier alpha value is -3.67. The molecule has 0 bridgehead atoms. The highest BCUT2D eigenvalue weighted by Crippen LogP contribution is 2.14. The number of unbranched alkanes of at least 4 members (excludes halogenated alkanes) is 21. The van der Waals surface area contributed by atoms with Gasteiger partial charge < -0.3 is 14.2 Å². The minimum absolute atomic E-state index is 0.102. The molecule has 0 aliphatic carbocycles. The molecular formula is C60H100O6. The molecule has 6 heteroatoms. The van der Waals surface area contributed by atoms with Gasteiger partial charge in [0.05, 0.1) is 0 Å². The monoisotopic (exact) mass is 917 g/mol. The van der Waals surface area contributed by atoms with E-state index in [-0.39, 0.29) is 37.5 Å². The molecule has 0 amide bonds. The van der Waals surface area contributed by atoms with Gasteiger partial charge in [0, 0.05) is 19.3 Å². The van der Waals surface area contributed by atoms with Crippen molar-refractivity contribution in [2.45, 2.75) is 252 Å². The zero-order valence-corrected chi connectivity index (χ0v) is 42.9. The number of ether oxygens (including phenoxy) is 3. The van der Waals surface area contributed by atoms with Crippen molar-refractivity contribution in [2.24, 2.45) is 0 Å². The minimum atomic E-state index is -0.807. The zero-order chi connectivity index (χ0) is 47.9. The van der Waals surface area contributed by atoms with E-state index < -0.39 is 6.10 Å². The quantitative estimate of drug-likeness (QED) is 0.0262. The summed E-state index contributed by atoms with van der Waals surface area (Å²) in [4.78, 5) is 38.1. The van der Waals surface area contributed by atoms with Crippen LogP contribution in [0, 0.1) is 0 Å². The average molecular weight is 917 g/mol. The van der Waals surface area contributed by atoms with E-state index in [1.165, 1.54) is 89.9 Å². The van der Waals surface area contributed by atoms with Gasteiger partial charge in [0.25, 0.3) is 0 Å². The maximum absolute atomic E-state index is 12.8. The molecule has 0 unspecified atom stereocenters. The van der Waals surface area contributed by atoms with Crippen molar-refractivity contribution < 1.29 is 28.6 Å². The van der Waals surface area contributed by atoms with Crippen LogP contribution in [0.3, 0.4) is 0 Å². The Morgan fingerprint density at radius 2 is 0.606 bits per heavy atom. The van der Waals surface area contributed by atoms with Crippen LogP contribution in [0.1, 0.15) is 245 Å². The van der Waals surface area contributed by atoms with Crippen LogP contribution < -0.4 is 0 Å². The van der Waals surface area contributed by atoms with E-state index >= 15 is 0 Å². The van der Waals surface area contributed by atoms with Gasteiger partial charge in [-0.3, -0.25) is 14.4 Å². The lowest BCUT2D eigenvalue weighted by Crippen LogP contribution is -2.30. The fourth-order valence-electron chi connectivity index (χ4n) is 7.18. The first-order chi connectivity index (χ1) is 32.5. The summed E-state index contributed by atoms with van der Waals surface area (Å²) < 4.78 is 16.8. The highest BCUT2D eigenvalue weighted by molar-refractivity contribution is 5.71. The summed E-state index contributed by atoms with van der Waals surface area (Å²) in [7, 11) is 0. The smallest absolute Gasteiger partial charge is 0.306 e. The molecule has 0 radical (unpaired) electrons. The normalized spacial score (nSPS) is 12.8. The molecule has 0 heterocycles. The number of carbonyl (C=O) groups is 3. The number of hydrogen-bond acceptors (Lipinski definition) is 6. The number of rotatable bonds is 48. The van der Waals surface area contributed by atoms with E-state index in [4.69, 9.17) is 14.2 Å². The van der Waals surface area contributed by atoms with Gasteiger partial charge in [-0.1, -0.05) is 208 Å². The van der Waals surface area contributed by atoms with Gasteiger partial charge in [0.15, 0.2) is 6.10 Å². The van der Waals surface area contributed by atoms with Crippen LogP contribution in [0.2, 0.25) is 0 Å². The van der Waals surface area contributed by atoms with Gasteiger partial charge in [-0.25, -0.2) is 0 Å². The lowest BCUT2D eigenvalue weighted by Gasteiger charge is -2.18. The summed E-state index contributed by atoms with van der Waals surface area (Å²) in [5.41, 5.74) is 0. The third-order valence-corrected chi connectivity index (χ3v) is 11.3.